The molecule has 36 heavy (non-hydrogen) atoms. The van der Waals surface area contributed by atoms with Gasteiger partial charge in [-0.25, -0.2) is 0 Å². The monoisotopic (exact) mass is 740 g/mol. The maximum atomic E-state index is 16.3. The summed E-state index contributed by atoms with van der Waals surface area (Å²) in [5, 5.41) is 11.4. The van der Waals surface area contributed by atoms with Crippen LogP contribution in [0.2, 0.25) is 0 Å². The van der Waals surface area contributed by atoms with Crippen molar-refractivity contribution in [1.29, 1.82) is 0 Å². The Labute approximate surface area is 241 Å². The number of hydrogen-bond acceptors (Lipinski definition) is 6. The van der Waals surface area contributed by atoms with E-state index in [4.69, 9.17) is 13.8 Å². The molecule has 0 aliphatic carbocycles. The quantitative estimate of drug-likeness (QED) is 0.154. The molecule has 1 aromatic carbocycles. The summed E-state index contributed by atoms with van der Waals surface area (Å²) < 4.78 is 64.4. The maximum Gasteiger partial charge on any atom is 0.406 e. The molecule has 0 aliphatic rings. The zero-order valence-corrected chi connectivity index (χ0v) is 27.8. The molecular weight excluding hydrogens is 709 g/mol. The first-order valence-corrected chi connectivity index (χ1v) is 16.8. The highest BCUT2D eigenvalue weighted by atomic mass is 79.9. The highest BCUT2D eigenvalue weighted by molar-refractivity contribution is 9.10. The minimum Gasteiger partial charge on any atom is -0.493 e. The molecule has 0 saturated heterocycles. The van der Waals surface area contributed by atoms with E-state index in [0.29, 0.717) is 45.8 Å². The summed E-state index contributed by atoms with van der Waals surface area (Å²) in [5.74, 6) is 0.489. The number of thiophene rings is 1. The lowest BCUT2D eigenvalue weighted by Gasteiger charge is -2.38. The Morgan fingerprint density at radius 1 is 0.972 bits per heavy atom. The fraction of sp³-hybridized carbons (Fsp3) is 0.667. The largest absolute Gasteiger partial charge is 0.493 e. The highest BCUT2D eigenvalue weighted by Crippen LogP contribution is 2.72. The second-order valence-electron chi connectivity index (χ2n) is 10.4. The molecule has 0 radical (unpaired) electrons. The van der Waals surface area contributed by atoms with E-state index in [1.54, 1.807) is 59.7 Å². The molecule has 2 rings (SSSR count). The van der Waals surface area contributed by atoms with Crippen molar-refractivity contribution in [2.75, 3.05) is 17.3 Å². The fourth-order valence-electron chi connectivity index (χ4n) is 3.20. The van der Waals surface area contributed by atoms with Gasteiger partial charge in [-0.3, -0.25) is 13.6 Å². The fourth-order valence-corrected chi connectivity index (χ4v) is 9.81. The molecule has 5 nitrogen and oxygen atoms in total. The van der Waals surface area contributed by atoms with E-state index in [-0.39, 0.29) is 11.1 Å². The minimum atomic E-state index is -5.03. The van der Waals surface area contributed by atoms with Crippen molar-refractivity contribution >= 4 is 76.8 Å². The second-order valence-corrected chi connectivity index (χ2v) is 15.8. The maximum absolute atomic E-state index is 16.3. The summed E-state index contributed by atoms with van der Waals surface area (Å²) in [5.41, 5.74) is -7.06. The summed E-state index contributed by atoms with van der Waals surface area (Å²) >= 11 is 10.7. The Morgan fingerprint density at radius 2 is 1.50 bits per heavy atom. The molecule has 1 aromatic heterocycles. The molecule has 206 valence electrons. The molecule has 0 atom stereocenters. The van der Waals surface area contributed by atoms with Crippen molar-refractivity contribution in [2.45, 2.75) is 83.3 Å². The zero-order chi connectivity index (χ0) is 27.6. The first-order chi connectivity index (χ1) is 16.4. The molecular formula is C24H34Br3F2O5PS. The van der Waals surface area contributed by atoms with E-state index in [0.717, 1.165) is 11.3 Å². The van der Waals surface area contributed by atoms with Gasteiger partial charge in [0.15, 0.2) is 0 Å². The number of halogens is 5. The van der Waals surface area contributed by atoms with Crippen LogP contribution in [0.1, 0.15) is 65.7 Å². The molecule has 0 amide bonds. The third kappa shape index (κ3) is 8.44. The lowest BCUT2D eigenvalue weighted by Crippen LogP contribution is -2.33. The van der Waals surface area contributed by atoms with Crippen LogP contribution in [0.4, 0.5) is 8.78 Å². The molecule has 1 N–H and O–H groups in total. The predicted molar refractivity (Wildman–Crippen MR) is 155 cm³/mol. The van der Waals surface area contributed by atoms with E-state index in [9.17, 15) is 9.67 Å². The average molecular weight is 743 g/mol. The van der Waals surface area contributed by atoms with Crippen LogP contribution < -0.4 is 4.74 Å². The van der Waals surface area contributed by atoms with E-state index < -0.39 is 34.9 Å². The smallest absolute Gasteiger partial charge is 0.406 e. The van der Waals surface area contributed by atoms with Crippen LogP contribution in [0.15, 0.2) is 22.7 Å². The summed E-state index contributed by atoms with van der Waals surface area (Å²) in [6.45, 7) is 10.1. The van der Waals surface area contributed by atoms with Crippen molar-refractivity contribution in [2.24, 2.45) is 0 Å². The molecule has 2 aromatic rings. The Morgan fingerprint density at radius 3 is 1.97 bits per heavy atom. The van der Waals surface area contributed by atoms with Crippen LogP contribution in [0.25, 0.3) is 10.1 Å². The van der Waals surface area contributed by atoms with Crippen LogP contribution in [-0.4, -0.2) is 39.2 Å². The van der Waals surface area contributed by atoms with Crippen molar-refractivity contribution in [1.82, 2.24) is 0 Å². The van der Waals surface area contributed by atoms with Crippen molar-refractivity contribution in [3.63, 3.8) is 0 Å². The van der Waals surface area contributed by atoms with Gasteiger partial charge < -0.3 is 9.84 Å². The van der Waals surface area contributed by atoms with Crippen LogP contribution in [-0.2, 0) is 19.3 Å². The Bertz CT molecular complexity index is 1060. The third-order valence-corrected chi connectivity index (χ3v) is 11.0. The first kappa shape index (κ1) is 32.6. The van der Waals surface area contributed by atoms with Gasteiger partial charge in [-0.15, -0.1) is 11.3 Å². The highest BCUT2D eigenvalue weighted by Gasteiger charge is 2.60. The first-order valence-electron chi connectivity index (χ1n) is 11.5. The van der Waals surface area contributed by atoms with E-state index in [1.165, 1.54) is 0 Å². The summed E-state index contributed by atoms with van der Waals surface area (Å²) in [6.07, 6.45) is 1.12. The molecule has 0 unspecified atom stereocenters. The van der Waals surface area contributed by atoms with Gasteiger partial charge in [-0.1, -0.05) is 31.9 Å². The molecule has 0 fully saturated rings. The lowest BCUT2D eigenvalue weighted by atomic mass is 10.1. The predicted octanol–water partition coefficient (Wildman–Crippen LogP) is 9.61. The van der Waals surface area contributed by atoms with E-state index in [1.807, 2.05) is 0 Å². The number of rotatable bonds is 14. The molecule has 0 aliphatic heterocycles. The van der Waals surface area contributed by atoms with Gasteiger partial charge in [-0.2, -0.15) is 8.78 Å². The van der Waals surface area contributed by atoms with Crippen molar-refractivity contribution in [3.8, 4) is 5.75 Å². The number of hydrogen-bond donors (Lipinski definition) is 1. The van der Waals surface area contributed by atoms with Gasteiger partial charge in [0, 0.05) is 31.6 Å². The molecule has 0 saturated carbocycles. The second kappa shape index (κ2) is 12.3. The lowest BCUT2D eigenvalue weighted by molar-refractivity contribution is -0.0300. The number of ether oxygens (including phenoxy) is 1. The van der Waals surface area contributed by atoms with Gasteiger partial charge >= 0.3 is 13.3 Å². The van der Waals surface area contributed by atoms with Crippen LogP contribution in [0.5, 0.6) is 5.75 Å². The van der Waals surface area contributed by atoms with Crippen LogP contribution in [0, 0.1) is 0 Å². The van der Waals surface area contributed by atoms with Gasteiger partial charge in [0.2, 0.25) is 0 Å². The van der Waals surface area contributed by atoms with Gasteiger partial charge in [0.25, 0.3) is 0 Å². The van der Waals surface area contributed by atoms with Crippen molar-refractivity contribution in [3.05, 3.63) is 27.5 Å². The number of alkyl halides is 4. The zero-order valence-electron chi connectivity index (χ0n) is 21.3. The molecule has 0 bridgehead atoms. The summed E-state index contributed by atoms with van der Waals surface area (Å²) in [6, 6.07) is 5.01. The van der Waals surface area contributed by atoms with Gasteiger partial charge in [-0.05, 0) is 88.5 Å². The van der Waals surface area contributed by atoms with E-state index >= 15 is 8.78 Å². The normalized spacial score (nSPS) is 14.0. The topological polar surface area (TPSA) is 65.0 Å². The Balaban J connectivity index is 2.52. The third-order valence-electron chi connectivity index (χ3n) is 5.33. The molecule has 12 heteroatoms. The van der Waals surface area contributed by atoms with Gasteiger partial charge in [0.1, 0.15) is 10.6 Å². The minimum absolute atomic E-state index is 0.138. The van der Waals surface area contributed by atoms with Crippen LogP contribution >= 0.6 is 66.7 Å². The van der Waals surface area contributed by atoms with E-state index in [2.05, 4.69) is 47.8 Å². The standard InChI is InChI=1S/C24H34Br3F2O5PS/c1-21(2,30)11-14-32-16-7-8-17-18(15-16)36-20(19(17)27)24(28,29)35(31,33-22(3,4)9-12-25)34-23(5,6)10-13-26/h7-8,15,30H,9-14H2,1-6H3. The summed E-state index contributed by atoms with van der Waals surface area (Å²) in [4.78, 5) is -0.432. The number of aliphatic hydroxyl groups is 1. The SMILES string of the molecule is CC(C)(O)CCOc1ccc2c(Br)c(C(F)(F)P(=O)(OC(C)(C)CCBr)OC(C)(C)CCBr)sc2c1. The average Bonchev–Trinajstić information content (AvgIpc) is 3.02. The number of benzene rings is 1. The van der Waals surface area contributed by atoms with Gasteiger partial charge in [0.05, 0.1) is 23.4 Å². The number of fused-ring (bicyclic) bond motifs is 1. The Hall–Kier alpha value is 0.390. The van der Waals surface area contributed by atoms with Crippen LogP contribution in [0.3, 0.4) is 0 Å². The Kier molecular flexibility index (Phi) is 11.1. The molecule has 1 heterocycles. The van der Waals surface area contributed by atoms with Crippen molar-refractivity contribution < 1.29 is 32.2 Å². The summed E-state index contributed by atoms with van der Waals surface area (Å²) in [7, 11) is -5.03. The molecule has 0 spiro atoms.